The van der Waals surface area contributed by atoms with Crippen LogP contribution in [0.25, 0.3) is 0 Å². The lowest BCUT2D eigenvalue weighted by atomic mass is 9.97. The van der Waals surface area contributed by atoms with Crippen LogP contribution in [-0.4, -0.2) is 24.8 Å². The molecule has 1 aromatic rings. The SMILES string of the molecule is COc1cc(F)c(Cl)c(CC2CCCCN2)c1O. The first kappa shape index (κ1) is 13.4. The molecule has 5 heteroatoms. The van der Waals surface area contributed by atoms with E-state index in [-0.39, 0.29) is 22.6 Å². The Labute approximate surface area is 111 Å². The van der Waals surface area contributed by atoms with Crippen LogP contribution in [0.2, 0.25) is 5.02 Å². The van der Waals surface area contributed by atoms with Crippen molar-refractivity contribution in [3.63, 3.8) is 0 Å². The number of halogens is 2. The second-order valence-corrected chi connectivity index (χ2v) is 4.93. The summed E-state index contributed by atoms with van der Waals surface area (Å²) < 4.78 is 18.6. The van der Waals surface area contributed by atoms with Crippen molar-refractivity contribution >= 4 is 11.6 Å². The molecule has 0 bridgehead atoms. The lowest BCUT2D eigenvalue weighted by Gasteiger charge is -2.24. The molecule has 0 radical (unpaired) electrons. The van der Waals surface area contributed by atoms with Crippen LogP contribution in [0, 0.1) is 5.82 Å². The second kappa shape index (κ2) is 5.76. The number of rotatable bonds is 3. The summed E-state index contributed by atoms with van der Waals surface area (Å²) in [6, 6.07) is 1.34. The summed E-state index contributed by atoms with van der Waals surface area (Å²) in [6.07, 6.45) is 3.82. The Morgan fingerprint density at radius 2 is 2.33 bits per heavy atom. The molecule has 3 nitrogen and oxygen atoms in total. The Balaban J connectivity index is 2.27. The third-order valence-electron chi connectivity index (χ3n) is 3.33. The predicted molar refractivity (Wildman–Crippen MR) is 69.0 cm³/mol. The quantitative estimate of drug-likeness (QED) is 0.890. The highest BCUT2D eigenvalue weighted by Crippen LogP contribution is 2.38. The van der Waals surface area contributed by atoms with Gasteiger partial charge in [-0.05, 0) is 25.8 Å². The average molecular weight is 274 g/mol. The van der Waals surface area contributed by atoms with Gasteiger partial charge in [0.1, 0.15) is 5.82 Å². The van der Waals surface area contributed by atoms with Crippen LogP contribution in [0.15, 0.2) is 6.07 Å². The summed E-state index contributed by atoms with van der Waals surface area (Å²) in [7, 11) is 1.39. The first-order valence-electron chi connectivity index (χ1n) is 6.10. The summed E-state index contributed by atoms with van der Waals surface area (Å²) in [5.74, 6) is -0.490. The molecule has 100 valence electrons. The minimum atomic E-state index is -0.558. The maximum absolute atomic E-state index is 13.6. The third kappa shape index (κ3) is 2.70. The molecule has 0 saturated carbocycles. The minimum absolute atomic E-state index is 0.0133. The van der Waals surface area contributed by atoms with Crippen molar-refractivity contribution in [2.45, 2.75) is 31.7 Å². The lowest BCUT2D eigenvalue weighted by Crippen LogP contribution is -2.35. The van der Waals surface area contributed by atoms with Crippen molar-refractivity contribution in [2.75, 3.05) is 13.7 Å². The van der Waals surface area contributed by atoms with Crippen LogP contribution >= 0.6 is 11.6 Å². The number of hydrogen-bond donors (Lipinski definition) is 2. The molecule has 1 fully saturated rings. The summed E-state index contributed by atoms with van der Waals surface area (Å²) in [5, 5.41) is 13.4. The number of hydrogen-bond acceptors (Lipinski definition) is 3. The van der Waals surface area contributed by atoms with Crippen molar-refractivity contribution in [3.8, 4) is 11.5 Å². The molecule has 2 N–H and O–H groups in total. The summed E-state index contributed by atoms with van der Waals surface area (Å²) >= 11 is 5.93. The van der Waals surface area contributed by atoms with E-state index >= 15 is 0 Å². The van der Waals surface area contributed by atoms with E-state index in [0.29, 0.717) is 12.0 Å². The first-order chi connectivity index (χ1) is 8.63. The van der Waals surface area contributed by atoms with Gasteiger partial charge in [0.05, 0.1) is 12.1 Å². The number of piperidine rings is 1. The molecule has 0 aromatic heterocycles. The van der Waals surface area contributed by atoms with Crippen LogP contribution in [0.5, 0.6) is 11.5 Å². The van der Waals surface area contributed by atoms with Crippen molar-refractivity contribution in [2.24, 2.45) is 0 Å². The molecule has 1 heterocycles. The molecule has 1 saturated heterocycles. The van der Waals surface area contributed by atoms with E-state index in [0.717, 1.165) is 31.9 Å². The fourth-order valence-electron chi connectivity index (χ4n) is 2.33. The van der Waals surface area contributed by atoms with Gasteiger partial charge in [0.15, 0.2) is 11.5 Å². The first-order valence-corrected chi connectivity index (χ1v) is 6.48. The van der Waals surface area contributed by atoms with Crippen molar-refractivity contribution in [1.82, 2.24) is 5.32 Å². The summed E-state index contributed by atoms with van der Waals surface area (Å²) in [6.45, 7) is 0.954. The summed E-state index contributed by atoms with van der Waals surface area (Å²) in [5.41, 5.74) is 0.424. The summed E-state index contributed by atoms with van der Waals surface area (Å²) in [4.78, 5) is 0. The van der Waals surface area contributed by atoms with Crippen LogP contribution in [0.4, 0.5) is 4.39 Å². The van der Waals surface area contributed by atoms with E-state index in [1.54, 1.807) is 0 Å². The van der Waals surface area contributed by atoms with Crippen molar-refractivity contribution in [3.05, 3.63) is 22.5 Å². The maximum Gasteiger partial charge on any atom is 0.163 e. The number of phenolic OH excluding ortho intramolecular Hbond substituents is 1. The molecular weight excluding hydrogens is 257 g/mol. The highest BCUT2D eigenvalue weighted by Gasteiger charge is 2.21. The molecule has 1 aliphatic heterocycles. The smallest absolute Gasteiger partial charge is 0.163 e. The van der Waals surface area contributed by atoms with Gasteiger partial charge < -0.3 is 15.2 Å². The van der Waals surface area contributed by atoms with Gasteiger partial charge >= 0.3 is 0 Å². The van der Waals surface area contributed by atoms with Crippen molar-refractivity contribution < 1.29 is 14.2 Å². The lowest BCUT2D eigenvalue weighted by molar-refractivity contribution is 0.359. The molecule has 0 amide bonds. The Kier molecular flexibility index (Phi) is 4.30. The van der Waals surface area contributed by atoms with Gasteiger partial charge in [0.2, 0.25) is 0 Å². The van der Waals surface area contributed by atoms with E-state index in [1.807, 2.05) is 0 Å². The Morgan fingerprint density at radius 3 is 2.94 bits per heavy atom. The number of methoxy groups -OCH3 is 1. The Morgan fingerprint density at radius 1 is 1.56 bits per heavy atom. The minimum Gasteiger partial charge on any atom is -0.504 e. The van der Waals surface area contributed by atoms with Crippen LogP contribution in [-0.2, 0) is 6.42 Å². The number of nitrogens with one attached hydrogen (secondary N) is 1. The van der Waals surface area contributed by atoms with E-state index < -0.39 is 5.82 Å². The maximum atomic E-state index is 13.6. The average Bonchev–Trinajstić information content (AvgIpc) is 2.40. The molecule has 18 heavy (non-hydrogen) atoms. The topological polar surface area (TPSA) is 41.5 Å². The van der Waals surface area contributed by atoms with E-state index in [4.69, 9.17) is 16.3 Å². The van der Waals surface area contributed by atoms with Gasteiger partial charge in [-0.25, -0.2) is 4.39 Å². The fourth-order valence-corrected chi connectivity index (χ4v) is 2.55. The van der Waals surface area contributed by atoms with Gasteiger partial charge in [-0.15, -0.1) is 0 Å². The van der Waals surface area contributed by atoms with Gasteiger partial charge in [-0.3, -0.25) is 0 Å². The molecular formula is C13H17ClFNO2. The van der Waals surface area contributed by atoms with E-state index in [1.165, 1.54) is 7.11 Å². The Hall–Kier alpha value is -1.00. The number of ether oxygens (including phenoxy) is 1. The molecule has 1 atom stereocenters. The molecule has 1 aliphatic rings. The zero-order valence-electron chi connectivity index (χ0n) is 10.3. The number of benzene rings is 1. The third-order valence-corrected chi connectivity index (χ3v) is 3.74. The second-order valence-electron chi connectivity index (χ2n) is 4.55. The van der Waals surface area contributed by atoms with Crippen molar-refractivity contribution in [1.29, 1.82) is 0 Å². The molecule has 1 unspecified atom stereocenters. The normalized spacial score (nSPS) is 19.8. The zero-order valence-corrected chi connectivity index (χ0v) is 11.1. The number of phenols is 1. The zero-order chi connectivity index (χ0) is 13.1. The highest BCUT2D eigenvalue weighted by molar-refractivity contribution is 6.31. The molecule has 0 aliphatic carbocycles. The van der Waals surface area contributed by atoms with Gasteiger partial charge in [-0.1, -0.05) is 18.0 Å². The largest absolute Gasteiger partial charge is 0.504 e. The number of aromatic hydroxyl groups is 1. The van der Waals surface area contributed by atoms with Gasteiger partial charge in [0.25, 0.3) is 0 Å². The highest BCUT2D eigenvalue weighted by atomic mass is 35.5. The molecule has 2 rings (SSSR count). The van der Waals surface area contributed by atoms with Gasteiger partial charge in [0, 0.05) is 17.7 Å². The van der Waals surface area contributed by atoms with Crippen LogP contribution in [0.1, 0.15) is 24.8 Å². The van der Waals surface area contributed by atoms with Crippen LogP contribution in [0.3, 0.4) is 0 Å². The predicted octanol–water partition coefficient (Wildman–Crippen LogP) is 2.88. The molecule has 1 aromatic carbocycles. The Bertz CT molecular complexity index is 433. The fraction of sp³-hybridized carbons (Fsp3) is 0.538. The van der Waals surface area contributed by atoms with E-state index in [2.05, 4.69) is 5.32 Å². The van der Waals surface area contributed by atoms with Gasteiger partial charge in [-0.2, -0.15) is 0 Å². The van der Waals surface area contributed by atoms with E-state index in [9.17, 15) is 9.50 Å². The monoisotopic (exact) mass is 273 g/mol. The standard InChI is InChI=1S/C13H17ClFNO2/c1-18-11-7-10(15)12(14)9(13(11)17)6-8-4-2-3-5-16-8/h7-8,16-17H,2-6H2,1H3. The van der Waals surface area contributed by atoms with Crippen LogP contribution < -0.4 is 10.1 Å². The molecule has 0 spiro atoms.